The van der Waals surface area contributed by atoms with Gasteiger partial charge in [0.2, 0.25) is 0 Å². The molecule has 0 amide bonds. The molecule has 9 heteroatoms. The highest BCUT2D eigenvalue weighted by molar-refractivity contribution is 5.60. The molecule has 1 atom stereocenters. The predicted octanol–water partition coefficient (Wildman–Crippen LogP) is 3.12. The monoisotopic (exact) mass is 434 g/mol. The zero-order valence-corrected chi connectivity index (χ0v) is 17.7. The van der Waals surface area contributed by atoms with Crippen LogP contribution < -0.4 is 5.32 Å². The first-order valence-electron chi connectivity index (χ1n) is 10.1. The van der Waals surface area contributed by atoms with Gasteiger partial charge in [0.05, 0.1) is 48.4 Å². The number of halogens is 1. The fourth-order valence-corrected chi connectivity index (χ4v) is 3.39. The molecular formula is C23H23FN6O2. The van der Waals surface area contributed by atoms with Crippen LogP contribution in [0.4, 0.5) is 10.2 Å². The third-order valence-corrected chi connectivity index (χ3v) is 5.10. The molecule has 3 heterocycles. The van der Waals surface area contributed by atoms with E-state index in [9.17, 15) is 14.6 Å². The van der Waals surface area contributed by atoms with Crippen LogP contribution in [0.25, 0.3) is 17.1 Å². The highest BCUT2D eigenvalue weighted by Gasteiger charge is 2.15. The van der Waals surface area contributed by atoms with Gasteiger partial charge in [0.1, 0.15) is 11.5 Å². The normalized spacial score (nSPS) is 12.0. The number of aliphatic hydroxyl groups is 2. The average molecular weight is 434 g/mol. The Morgan fingerprint density at radius 3 is 2.44 bits per heavy atom. The second-order valence-corrected chi connectivity index (χ2v) is 7.43. The molecule has 3 N–H and O–H groups in total. The molecule has 1 aromatic carbocycles. The van der Waals surface area contributed by atoms with Gasteiger partial charge in [-0.15, -0.1) is 10.2 Å². The van der Waals surface area contributed by atoms with Crippen LogP contribution in [0.5, 0.6) is 0 Å². The van der Waals surface area contributed by atoms with Crippen LogP contribution in [0.2, 0.25) is 0 Å². The van der Waals surface area contributed by atoms with Crippen LogP contribution in [0.3, 0.4) is 0 Å². The molecular weight excluding hydrogens is 411 g/mol. The SMILES string of the molecule is Cc1cn(-c2ccc(-c3cc(C)c(N[C@H](CO)c4ccc(F)cc4)nn3)nc2CO)cn1. The first-order valence-corrected chi connectivity index (χ1v) is 10.1. The van der Waals surface area contributed by atoms with Crippen molar-refractivity contribution in [1.29, 1.82) is 0 Å². The number of hydrogen-bond donors (Lipinski definition) is 3. The molecule has 0 unspecified atom stereocenters. The molecule has 0 aliphatic rings. The van der Waals surface area contributed by atoms with E-state index in [2.05, 4.69) is 25.5 Å². The number of imidazole rings is 1. The topological polar surface area (TPSA) is 109 Å². The Balaban J connectivity index is 1.59. The van der Waals surface area contributed by atoms with Crippen LogP contribution in [0.1, 0.15) is 28.6 Å². The summed E-state index contributed by atoms with van der Waals surface area (Å²) in [6, 6.07) is 11.0. The van der Waals surface area contributed by atoms with Crippen molar-refractivity contribution in [3.63, 3.8) is 0 Å². The predicted molar refractivity (Wildman–Crippen MR) is 118 cm³/mol. The zero-order valence-electron chi connectivity index (χ0n) is 17.7. The van der Waals surface area contributed by atoms with Crippen LogP contribution in [0, 0.1) is 19.7 Å². The van der Waals surface area contributed by atoms with Gasteiger partial charge in [-0.25, -0.2) is 14.4 Å². The first kappa shape index (κ1) is 21.5. The Morgan fingerprint density at radius 2 is 1.81 bits per heavy atom. The first-order chi connectivity index (χ1) is 15.5. The summed E-state index contributed by atoms with van der Waals surface area (Å²) in [4.78, 5) is 8.77. The summed E-state index contributed by atoms with van der Waals surface area (Å²) < 4.78 is 15.0. The molecule has 4 aromatic rings. The smallest absolute Gasteiger partial charge is 0.152 e. The number of nitrogens with zero attached hydrogens (tertiary/aromatic N) is 5. The summed E-state index contributed by atoms with van der Waals surface area (Å²) in [5.41, 5.74) is 4.77. The van der Waals surface area contributed by atoms with Gasteiger partial charge in [-0.05, 0) is 55.3 Å². The summed E-state index contributed by atoms with van der Waals surface area (Å²) in [7, 11) is 0. The van der Waals surface area contributed by atoms with E-state index in [0.29, 0.717) is 22.9 Å². The lowest BCUT2D eigenvalue weighted by Crippen LogP contribution is -2.17. The Bertz CT molecular complexity index is 1230. The van der Waals surface area contributed by atoms with Crippen molar-refractivity contribution >= 4 is 5.82 Å². The summed E-state index contributed by atoms with van der Waals surface area (Å²) in [6.07, 6.45) is 3.53. The number of benzene rings is 1. The maximum atomic E-state index is 13.2. The van der Waals surface area contributed by atoms with E-state index < -0.39 is 6.04 Å². The number of hydrogen-bond acceptors (Lipinski definition) is 7. The standard InChI is InChI=1S/C23H23FN6O2/c1-14-9-19(18-7-8-22(21(12-32)26-18)30-10-15(2)25-13-30)28-29-23(14)27-20(11-31)16-3-5-17(24)6-4-16/h3-10,13,20,31-32H,11-12H2,1-2H3,(H,27,29)/t20-/m1/s1. The minimum atomic E-state index is -0.452. The number of pyridine rings is 1. The molecule has 8 nitrogen and oxygen atoms in total. The molecule has 0 aliphatic heterocycles. The maximum Gasteiger partial charge on any atom is 0.152 e. The third-order valence-electron chi connectivity index (χ3n) is 5.10. The Kier molecular flexibility index (Phi) is 6.20. The van der Waals surface area contributed by atoms with E-state index in [4.69, 9.17) is 0 Å². The van der Waals surface area contributed by atoms with Crippen molar-refractivity contribution in [3.05, 3.63) is 83.3 Å². The van der Waals surface area contributed by atoms with E-state index in [-0.39, 0.29) is 19.0 Å². The summed E-state index contributed by atoms with van der Waals surface area (Å²) in [5, 5.41) is 31.3. The molecule has 4 rings (SSSR count). The summed E-state index contributed by atoms with van der Waals surface area (Å²) in [6.45, 7) is 3.34. The lowest BCUT2D eigenvalue weighted by atomic mass is 10.1. The second-order valence-electron chi connectivity index (χ2n) is 7.43. The summed E-state index contributed by atoms with van der Waals surface area (Å²) in [5.74, 6) is 0.166. The Hall–Kier alpha value is -3.69. The minimum Gasteiger partial charge on any atom is -0.394 e. The van der Waals surface area contributed by atoms with Crippen molar-refractivity contribution < 1.29 is 14.6 Å². The number of aromatic nitrogens is 5. The van der Waals surface area contributed by atoms with E-state index >= 15 is 0 Å². The van der Waals surface area contributed by atoms with Crippen molar-refractivity contribution in [2.75, 3.05) is 11.9 Å². The van der Waals surface area contributed by atoms with Crippen LogP contribution in [-0.2, 0) is 6.61 Å². The van der Waals surface area contributed by atoms with E-state index in [1.54, 1.807) is 18.5 Å². The van der Waals surface area contributed by atoms with Gasteiger partial charge in [-0.3, -0.25) is 0 Å². The fraction of sp³-hybridized carbons (Fsp3) is 0.217. The number of rotatable bonds is 7. The van der Waals surface area contributed by atoms with Crippen molar-refractivity contribution in [2.24, 2.45) is 0 Å². The highest BCUT2D eigenvalue weighted by Crippen LogP contribution is 2.25. The van der Waals surface area contributed by atoms with Crippen molar-refractivity contribution in [3.8, 4) is 17.1 Å². The molecule has 0 saturated heterocycles. The van der Waals surface area contributed by atoms with E-state index in [1.165, 1.54) is 12.1 Å². The van der Waals surface area contributed by atoms with Gasteiger partial charge in [0.15, 0.2) is 5.82 Å². The highest BCUT2D eigenvalue weighted by atomic mass is 19.1. The largest absolute Gasteiger partial charge is 0.394 e. The molecule has 0 spiro atoms. The molecule has 0 fully saturated rings. The molecule has 0 aliphatic carbocycles. The molecule has 32 heavy (non-hydrogen) atoms. The van der Waals surface area contributed by atoms with Crippen LogP contribution in [-0.4, -0.2) is 41.6 Å². The Labute approximate surface area is 184 Å². The molecule has 164 valence electrons. The van der Waals surface area contributed by atoms with Crippen LogP contribution in [0.15, 0.2) is 55.0 Å². The van der Waals surface area contributed by atoms with Gasteiger partial charge >= 0.3 is 0 Å². The van der Waals surface area contributed by atoms with Crippen LogP contribution >= 0.6 is 0 Å². The second kappa shape index (κ2) is 9.21. The van der Waals surface area contributed by atoms with Gasteiger partial charge in [0.25, 0.3) is 0 Å². The Morgan fingerprint density at radius 1 is 1.03 bits per heavy atom. The lowest BCUT2D eigenvalue weighted by molar-refractivity contribution is 0.276. The molecule has 0 saturated carbocycles. The van der Waals surface area contributed by atoms with E-state index in [0.717, 1.165) is 22.5 Å². The van der Waals surface area contributed by atoms with Gasteiger partial charge < -0.3 is 20.1 Å². The fourth-order valence-electron chi connectivity index (χ4n) is 3.39. The quantitative estimate of drug-likeness (QED) is 0.410. The molecule has 3 aromatic heterocycles. The van der Waals surface area contributed by atoms with Crippen molar-refractivity contribution in [2.45, 2.75) is 26.5 Å². The molecule has 0 bridgehead atoms. The van der Waals surface area contributed by atoms with Gasteiger partial charge in [0, 0.05) is 6.20 Å². The average Bonchev–Trinajstić information content (AvgIpc) is 3.24. The number of anilines is 1. The zero-order chi connectivity index (χ0) is 22.7. The maximum absolute atomic E-state index is 13.2. The molecule has 0 radical (unpaired) electrons. The summed E-state index contributed by atoms with van der Waals surface area (Å²) >= 11 is 0. The lowest BCUT2D eigenvalue weighted by Gasteiger charge is -2.18. The number of nitrogens with one attached hydrogen (secondary N) is 1. The van der Waals surface area contributed by atoms with E-state index in [1.807, 2.05) is 42.8 Å². The third kappa shape index (κ3) is 4.48. The number of aryl methyl sites for hydroxylation is 2. The van der Waals surface area contributed by atoms with Gasteiger partial charge in [-0.2, -0.15) is 0 Å². The minimum absolute atomic E-state index is 0.189. The van der Waals surface area contributed by atoms with Gasteiger partial charge in [-0.1, -0.05) is 12.1 Å². The van der Waals surface area contributed by atoms with Crippen molar-refractivity contribution in [1.82, 2.24) is 24.7 Å². The number of aliphatic hydroxyl groups excluding tert-OH is 2.